The van der Waals surface area contributed by atoms with Crippen molar-refractivity contribution in [1.29, 1.82) is 0 Å². The maximum Gasteiger partial charge on any atom is 0.341 e. The van der Waals surface area contributed by atoms with E-state index >= 15 is 0 Å². The van der Waals surface area contributed by atoms with E-state index in [1.165, 1.54) is 11.3 Å². The van der Waals surface area contributed by atoms with E-state index in [4.69, 9.17) is 17.0 Å². The molecule has 31 heavy (non-hydrogen) atoms. The fourth-order valence-electron chi connectivity index (χ4n) is 3.53. The normalized spacial score (nSPS) is 10.8. The predicted octanol–water partition coefficient (Wildman–Crippen LogP) is 5.08. The molecular formula is C23H28N4O2S2. The number of nitrogens with one attached hydrogen (secondary N) is 1. The molecule has 0 saturated heterocycles. The summed E-state index contributed by atoms with van der Waals surface area (Å²) in [6.07, 6.45) is 0. The number of aromatic nitrogens is 2. The summed E-state index contributed by atoms with van der Waals surface area (Å²) < 4.78 is 7.25. The first-order valence-electron chi connectivity index (χ1n) is 10.1. The molecule has 1 N–H and O–H groups in total. The van der Waals surface area contributed by atoms with Gasteiger partial charge in [-0.15, -0.1) is 11.3 Å². The van der Waals surface area contributed by atoms with Gasteiger partial charge in [0, 0.05) is 42.3 Å². The van der Waals surface area contributed by atoms with E-state index in [2.05, 4.69) is 10.4 Å². The van der Waals surface area contributed by atoms with Crippen LogP contribution in [0.2, 0.25) is 0 Å². The van der Waals surface area contributed by atoms with Crippen molar-refractivity contribution in [2.45, 2.75) is 34.2 Å². The number of anilines is 1. The standard InChI is InChI=1S/C23H28N4O2S2/c1-7-29-22(28)20-19(17-11-9-8-10-12-17)16(4)31-21(20)24-23(30)26(5)13-18-14(2)25-27(6)15(18)3/h8-12H,7,13H2,1-6H3,(H,24,30). The number of aryl methyl sites for hydroxylation is 3. The summed E-state index contributed by atoms with van der Waals surface area (Å²) in [6, 6.07) is 9.89. The lowest BCUT2D eigenvalue weighted by Gasteiger charge is -2.21. The largest absolute Gasteiger partial charge is 0.462 e. The summed E-state index contributed by atoms with van der Waals surface area (Å²) in [5.74, 6) is -0.349. The van der Waals surface area contributed by atoms with Gasteiger partial charge < -0.3 is 15.0 Å². The molecule has 0 radical (unpaired) electrons. The van der Waals surface area contributed by atoms with E-state index in [0.29, 0.717) is 28.8 Å². The average molecular weight is 457 g/mol. The number of esters is 1. The van der Waals surface area contributed by atoms with Crippen molar-refractivity contribution in [3.05, 3.63) is 57.7 Å². The molecule has 0 aliphatic carbocycles. The van der Waals surface area contributed by atoms with E-state index in [1.54, 1.807) is 0 Å². The molecule has 0 amide bonds. The fraction of sp³-hybridized carbons (Fsp3) is 0.348. The highest BCUT2D eigenvalue weighted by Gasteiger charge is 2.25. The highest BCUT2D eigenvalue weighted by molar-refractivity contribution is 7.80. The summed E-state index contributed by atoms with van der Waals surface area (Å²) in [4.78, 5) is 15.9. The third-order valence-corrected chi connectivity index (χ3v) is 6.68. The van der Waals surface area contributed by atoms with Gasteiger partial charge in [-0.2, -0.15) is 5.10 Å². The Kier molecular flexibility index (Phi) is 7.12. The Labute approximate surface area is 192 Å². The second kappa shape index (κ2) is 9.62. The molecule has 0 spiro atoms. The minimum atomic E-state index is -0.349. The van der Waals surface area contributed by atoms with Crippen molar-refractivity contribution < 1.29 is 9.53 Å². The second-order valence-corrected chi connectivity index (χ2v) is 8.99. The molecule has 8 heteroatoms. The van der Waals surface area contributed by atoms with Crippen molar-refractivity contribution >= 4 is 39.6 Å². The van der Waals surface area contributed by atoms with E-state index in [9.17, 15) is 4.79 Å². The number of carbonyl (C=O) groups excluding carboxylic acids is 1. The molecule has 3 aromatic rings. The molecule has 0 unspecified atom stereocenters. The molecule has 164 valence electrons. The van der Waals surface area contributed by atoms with Gasteiger partial charge in [0.25, 0.3) is 0 Å². The summed E-state index contributed by atoms with van der Waals surface area (Å²) in [7, 11) is 3.87. The van der Waals surface area contributed by atoms with Crippen LogP contribution in [0, 0.1) is 20.8 Å². The van der Waals surface area contributed by atoms with Gasteiger partial charge in [0.1, 0.15) is 10.6 Å². The zero-order chi connectivity index (χ0) is 22.7. The number of hydrogen-bond donors (Lipinski definition) is 1. The first kappa shape index (κ1) is 23.0. The van der Waals surface area contributed by atoms with Crippen LogP contribution in [0.15, 0.2) is 30.3 Å². The van der Waals surface area contributed by atoms with E-state index in [0.717, 1.165) is 33.0 Å². The Morgan fingerprint density at radius 1 is 1.26 bits per heavy atom. The number of carbonyl (C=O) groups is 1. The van der Waals surface area contributed by atoms with Gasteiger partial charge in [0.15, 0.2) is 5.11 Å². The molecule has 0 atom stereocenters. The van der Waals surface area contributed by atoms with Crippen LogP contribution in [0.5, 0.6) is 0 Å². The minimum Gasteiger partial charge on any atom is -0.462 e. The Hall–Kier alpha value is -2.71. The highest BCUT2D eigenvalue weighted by Crippen LogP contribution is 2.40. The molecule has 6 nitrogen and oxygen atoms in total. The number of thiophene rings is 1. The van der Waals surface area contributed by atoms with Crippen LogP contribution in [0.1, 0.15) is 39.1 Å². The van der Waals surface area contributed by atoms with Gasteiger partial charge in [-0.1, -0.05) is 30.3 Å². The first-order chi connectivity index (χ1) is 14.7. The Balaban J connectivity index is 1.91. The quantitative estimate of drug-likeness (QED) is 0.412. The topological polar surface area (TPSA) is 59.4 Å². The maximum absolute atomic E-state index is 12.9. The molecular weight excluding hydrogens is 428 g/mol. The van der Waals surface area contributed by atoms with Crippen LogP contribution in [-0.4, -0.2) is 39.4 Å². The maximum atomic E-state index is 12.9. The van der Waals surface area contributed by atoms with Crippen molar-refractivity contribution in [3.63, 3.8) is 0 Å². The van der Waals surface area contributed by atoms with E-state index < -0.39 is 0 Å². The average Bonchev–Trinajstić information content (AvgIpc) is 3.18. The van der Waals surface area contributed by atoms with Crippen molar-refractivity contribution in [3.8, 4) is 11.1 Å². The van der Waals surface area contributed by atoms with Crippen LogP contribution in [0.4, 0.5) is 5.00 Å². The van der Waals surface area contributed by atoms with Gasteiger partial charge in [-0.05, 0) is 45.5 Å². The highest BCUT2D eigenvalue weighted by atomic mass is 32.1. The molecule has 0 bridgehead atoms. The van der Waals surface area contributed by atoms with Crippen molar-refractivity contribution in [1.82, 2.24) is 14.7 Å². The smallest absolute Gasteiger partial charge is 0.341 e. The van der Waals surface area contributed by atoms with Gasteiger partial charge in [-0.3, -0.25) is 4.68 Å². The molecule has 0 aliphatic rings. The summed E-state index contributed by atoms with van der Waals surface area (Å²) in [5.41, 5.74) is 5.63. The number of nitrogens with zero attached hydrogens (tertiary/aromatic N) is 3. The molecule has 2 heterocycles. The lowest BCUT2D eigenvalue weighted by molar-refractivity contribution is 0.0529. The van der Waals surface area contributed by atoms with Crippen LogP contribution in [-0.2, 0) is 18.3 Å². The number of ether oxygens (including phenoxy) is 1. The Morgan fingerprint density at radius 3 is 2.52 bits per heavy atom. The number of rotatable bonds is 6. The monoisotopic (exact) mass is 456 g/mol. The van der Waals surface area contributed by atoms with E-state index in [1.807, 2.05) is 81.7 Å². The van der Waals surface area contributed by atoms with Crippen LogP contribution < -0.4 is 5.32 Å². The third-order valence-electron chi connectivity index (χ3n) is 5.25. The molecule has 2 aromatic heterocycles. The van der Waals surface area contributed by atoms with Gasteiger partial charge in [0.2, 0.25) is 0 Å². The van der Waals surface area contributed by atoms with Gasteiger partial charge in [0.05, 0.1) is 12.3 Å². The Bertz CT molecular complexity index is 1100. The summed E-state index contributed by atoms with van der Waals surface area (Å²) in [5, 5.41) is 9.01. The lowest BCUT2D eigenvalue weighted by atomic mass is 10.0. The molecule has 0 saturated carbocycles. The molecule has 0 fully saturated rings. The zero-order valence-electron chi connectivity index (χ0n) is 18.8. The molecule has 1 aromatic carbocycles. The van der Waals surface area contributed by atoms with Gasteiger partial charge >= 0.3 is 5.97 Å². The summed E-state index contributed by atoms with van der Waals surface area (Å²) >= 11 is 7.18. The second-order valence-electron chi connectivity index (χ2n) is 7.38. The fourth-order valence-corrected chi connectivity index (χ4v) is 4.83. The van der Waals surface area contributed by atoms with Gasteiger partial charge in [-0.25, -0.2) is 4.79 Å². The van der Waals surface area contributed by atoms with Crippen molar-refractivity contribution in [2.75, 3.05) is 19.0 Å². The zero-order valence-corrected chi connectivity index (χ0v) is 20.4. The molecule has 3 rings (SSSR count). The number of thiocarbonyl (C=S) groups is 1. The van der Waals surface area contributed by atoms with Crippen molar-refractivity contribution in [2.24, 2.45) is 7.05 Å². The van der Waals surface area contributed by atoms with E-state index in [-0.39, 0.29) is 5.97 Å². The SMILES string of the molecule is CCOC(=O)c1c(NC(=S)N(C)Cc2c(C)nn(C)c2C)sc(C)c1-c1ccccc1. The van der Waals surface area contributed by atoms with Crippen LogP contribution in [0.25, 0.3) is 11.1 Å². The van der Waals surface area contributed by atoms with Crippen LogP contribution >= 0.6 is 23.6 Å². The number of benzene rings is 1. The number of hydrogen-bond acceptors (Lipinski definition) is 5. The molecule has 0 aliphatic heterocycles. The third kappa shape index (κ3) is 4.80. The van der Waals surface area contributed by atoms with Crippen LogP contribution in [0.3, 0.4) is 0 Å². The Morgan fingerprint density at radius 2 is 1.94 bits per heavy atom. The predicted molar refractivity (Wildman–Crippen MR) is 131 cm³/mol. The lowest BCUT2D eigenvalue weighted by Crippen LogP contribution is -2.31. The first-order valence-corrected chi connectivity index (χ1v) is 11.3. The summed E-state index contributed by atoms with van der Waals surface area (Å²) in [6.45, 7) is 8.81. The minimum absolute atomic E-state index is 0.311.